The van der Waals surface area contributed by atoms with Crippen molar-refractivity contribution in [2.45, 2.75) is 25.3 Å². The quantitative estimate of drug-likeness (QED) is 0.496. The smallest absolute Gasteiger partial charge is 0.277 e. The van der Waals surface area contributed by atoms with Gasteiger partial charge in [0, 0.05) is 31.7 Å². The Morgan fingerprint density at radius 1 is 1.35 bits per heavy atom. The molecule has 0 spiro atoms. The lowest BCUT2D eigenvalue weighted by molar-refractivity contribution is 0.102. The first-order chi connectivity index (χ1) is 14.8. The van der Waals surface area contributed by atoms with Crippen molar-refractivity contribution >= 4 is 49.7 Å². The van der Waals surface area contributed by atoms with E-state index in [0.717, 1.165) is 49.5 Å². The highest BCUT2D eigenvalue weighted by molar-refractivity contribution is 9.10. The number of hydrogen-bond donors (Lipinski definition) is 3. The van der Waals surface area contributed by atoms with E-state index in [9.17, 15) is 9.18 Å². The minimum absolute atomic E-state index is 0.0621. The Morgan fingerprint density at radius 3 is 2.97 bits per heavy atom. The van der Waals surface area contributed by atoms with Gasteiger partial charge >= 0.3 is 0 Å². The maximum atomic E-state index is 14.5. The molecule has 0 saturated carbocycles. The van der Waals surface area contributed by atoms with Crippen LogP contribution in [0.25, 0.3) is 10.6 Å². The summed E-state index contributed by atoms with van der Waals surface area (Å²) in [7, 11) is 1.83. The number of carbonyl (C=O) groups is 1. The molecule has 1 unspecified atom stereocenters. The topological polar surface area (TPSA) is 115 Å². The van der Waals surface area contributed by atoms with Gasteiger partial charge in [-0.1, -0.05) is 17.4 Å². The highest BCUT2D eigenvalue weighted by atomic mass is 79.9. The number of rotatable bonds is 4. The molecule has 3 aromatic rings. The molecule has 3 heterocycles. The van der Waals surface area contributed by atoms with Crippen molar-refractivity contribution in [3.05, 3.63) is 40.4 Å². The Bertz CT molecular complexity index is 1120. The Balaban J connectivity index is 1.59. The van der Waals surface area contributed by atoms with Crippen LogP contribution in [0.2, 0.25) is 0 Å². The van der Waals surface area contributed by atoms with Gasteiger partial charge in [0.2, 0.25) is 0 Å². The molecule has 5 N–H and O–H groups in total. The molecule has 1 aliphatic rings. The van der Waals surface area contributed by atoms with Gasteiger partial charge in [0.25, 0.3) is 5.91 Å². The Labute approximate surface area is 191 Å². The van der Waals surface area contributed by atoms with Crippen LogP contribution in [-0.2, 0) is 7.05 Å². The first-order valence-corrected chi connectivity index (χ1v) is 11.5. The normalized spacial score (nSPS) is 16.9. The van der Waals surface area contributed by atoms with Crippen molar-refractivity contribution in [2.24, 2.45) is 12.8 Å². The second-order valence-corrected chi connectivity index (χ2v) is 9.36. The summed E-state index contributed by atoms with van der Waals surface area (Å²) in [5.74, 6) is -0.0946. The number of nitrogen functional groups attached to an aromatic ring is 1. The fourth-order valence-electron chi connectivity index (χ4n) is 3.69. The van der Waals surface area contributed by atoms with Crippen molar-refractivity contribution in [3.8, 4) is 10.6 Å². The summed E-state index contributed by atoms with van der Waals surface area (Å²) in [4.78, 5) is 19.5. The first-order valence-electron chi connectivity index (χ1n) is 9.89. The fourth-order valence-corrected chi connectivity index (χ4v) is 4.90. The summed E-state index contributed by atoms with van der Waals surface area (Å²) < 4.78 is 16.5. The number of carbonyl (C=O) groups excluding carboxylic acids is 1. The lowest BCUT2D eigenvalue weighted by atomic mass is 10.1. The lowest BCUT2D eigenvalue weighted by Crippen LogP contribution is -2.29. The number of halogens is 2. The minimum atomic E-state index is -0.462. The predicted molar refractivity (Wildman–Crippen MR) is 125 cm³/mol. The number of nitrogens with zero attached hydrogens (tertiary/aromatic N) is 4. The lowest BCUT2D eigenvalue weighted by Gasteiger charge is -2.24. The molecule has 11 heteroatoms. The third kappa shape index (κ3) is 4.43. The van der Waals surface area contributed by atoms with Crippen LogP contribution in [0.1, 0.15) is 29.8 Å². The SMILES string of the molecule is Cn1ncc(NC(=O)c2nc(-c3cccc(Br)c3F)sc2N)c1N1CCCC(N)CC1. The maximum absolute atomic E-state index is 14.5. The molecule has 0 bridgehead atoms. The molecule has 1 amide bonds. The average molecular weight is 508 g/mol. The van der Waals surface area contributed by atoms with E-state index in [-0.39, 0.29) is 22.3 Å². The highest BCUT2D eigenvalue weighted by Crippen LogP contribution is 2.35. The van der Waals surface area contributed by atoms with E-state index in [1.807, 2.05) is 7.05 Å². The van der Waals surface area contributed by atoms with Crippen LogP contribution < -0.4 is 21.7 Å². The number of nitrogens with two attached hydrogens (primary N) is 2. The zero-order valence-electron chi connectivity index (χ0n) is 16.9. The first kappa shape index (κ1) is 21.7. The molecule has 1 aliphatic heterocycles. The Hall–Kier alpha value is -2.50. The average Bonchev–Trinajstić information content (AvgIpc) is 3.21. The van der Waals surface area contributed by atoms with Crippen LogP contribution in [-0.4, -0.2) is 39.8 Å². The zero-order valence-corrected chi connectivity index (χ0v) is 19.3. The van der Waals surface area contributed by atoms with Gasteiger partial charge < -0.3 is 21.7 Å². The van der Waals surface area contributed by atoms with Gasteiger partial charge in [0.05, 0.1) is 10.7 Å². The summed E-state index contributed by atoms with van der Waals surface area (Å²) in [5.41, 5.74) is 13.1. The summed E-state index contributed by atoms with van der Waals surface area (Å²) in [5, 5.41) is 7.75. The van der Waals surface area contributed by atoms with Crippen LogP contribution in [0.3, 0.4) is 0 Å². The number of amides is 1. The van der Waals surface area contributed by atoms with Gasteiger partial charge in [0.15, 0.2) is 11.5 Å². The molecule has 4 rings (SSSR count). The van der Waals surface area contributed by atoms with E-state index >= 15 is 0 Å². The summed E-state index contributed by atoms with van der Waals surface area (Å²) in [6.45, 7) is 1.62. The third-order valence-electron chi connectivity index (χ3n) is 5.28. The zero-order chi connectivity index (χ0) is 22.1. The van der Waals surface area contributed by atoms with Gasteiger partial charge in [-0.15, -0.1) is 0 Å². The second kappa shape index (κ2) is 8.93. The highest BCUT2D eigenvalue weighted by Gasteiger charge is 2.24. The van der Waals surface area contributed by atoms with Gasteiger partial charge in [-0.2, -0.15) is 5.10 Å². The van der Waals surface area contributed by atoms with Crippen LogP contribution >= 0.6 is 27.3 Å². The third-order valence-corrected chi connectivity index (χ3v) is 6.81. The number of thiazole rings is 1. The van der Waals surface area contributed by atoms with Crippen molar-refractivity contribution in [3.63, 3.8) is 0 Å². The predicted octanol–water partition coefficient (Wildman–Crippen LogP) is 3.60. The number of aryl methyl sites for hydroxylation is 1. The molecule has 31 heavy (non-hydrogen) atoms. The van der Waals surface area contributed by atoms with Crippen LogP contribution in [0, 0.1) is 5.82 Å². The van der Waals surface area contributed by atoms with Crippen molar-refractivity contribution in [1.29, 1.82) is 0 Å². The molecule has 1 aromatic carbocycles. The van der Waals surface area contributed by atoms with E-state index in [0.29, 0.717) is 15.2 Å². The summed E-state index contributed by atoms with van der Waals surface area (Å²) in [6, 6.07) is 5.09. The van der Waals surface area contributed by atoms with E-state index < -0.39 is 11.7 Å². The number of aromatic nitrogens is 3. The molecule has 2 aromatic heterocycles. The number of nitrogens with one attached hydrogen (secondary N) is 1. The molecule has 164 valence electrons. The van der Waals surface area contributed by atoms with Crippen molar-refractivity contribution in [1.82, 2.24) is 14.8 Å². The van der Waals surface area contributed by atoms with Crippen LogP contribution in [0.4, 0.5) is 20.9 Å². The summed E-state index contributed by atoms with van der Waals surface area (Å²) >= 11 is 4.24. The van der Waals surface area contributed by atoms with E-state index in [1.54, 1.807) is 29.1 Å². The Morgan fingerprint density at radius 2 is 2.16 bits per heavy atom. The molecule has 1 saturated heterocycles. The molecule has 1 atom stereocenters. The molecule has 0 aliphatic carbocycles. The standard InChI is InChI=1S/C20H23BrFN7OS/c1-28-20(29-8-3-4-11(23)7-9-29)14(10-25-28)26-18(30)16-17(24)31-19(27-16)12-5-2-6-13(21)15(12)22/h2,5-6,10-11H,3-4,7-9,23-24H2,1H3,(H,26,30). The van der Waals surface area contributed by atoms with E-state index in [4.69, 9.17) is 11.5 Å². The molecule has 1 fully saturated rings. The van der Waals surface area contributed by atoms with Crippen LogP contribution in [0.5, 0.6) is 0 Å². The number of benzene rings is 1. The number of hydrogen-bond acceptors (Lipinski definition) is 7. The van der Waals surface area contributed by atoms with Gasteiger partial charge in [-0.05, 0) is 47.3 Å². The maximum Gasteiger partial charge on any atom is 0.277 e. The van der Waals surface area contributed by atoms with Gasteiger partial charge in [-0.3, -0.25) is 9.48 Å². The fraction of sp³-hybridized carbons (Fsp3) is 0.350. The summed E-state index contributed by atoms with van der Waals surface area (Å²) in [6.07, 6.45) is 4.43. The van der Waals surface area contributed by atoms with E-state index in [2.05, 4.69) is 36.2 Å². The van der Waals surface area contributed by atoms with Crippen LogP contribution in [0.15, 0.2) is 28.9 Å². The monoisotopic (exact) mass is 507 g/mol. The number of anilines is 3. The molecule has 0 radical (unpaired) electrons. The minimum Gasteiger partial charge on any atom is -0.389 e. The second-order valence-electron chi connectivity index (χ2n) is 7.47. The molecular weight excluding hydrogens is 485 g/mol. The molecular formula is C20H23BrFN7OS. The van der Waals surface area contributed by atoms with Crippen molar-refractivity contribution in [2.75, 3.05) is 29.0 Å². The van der Waals surface area contributed by atoms with Crippen molar-refractivity contribution < 1.29 is 9.18 Å². The molecule has 8 nitrogen and oxygen atoms in total. The Kier molecular flexibility index (Phi) is 6.26. The van der Waals surface area contributed by atoms with Gasteiger partial charge in [0.1, 0.15) is 21.5 Å². The van der Waals surface area contributed by atoms with E-state index in [1.165, 1.54) is 0 Å². The largest absolute Gasteiger partial charge is 0.389 e. The van der Waals surface area contributed by atoms with Gasteiger partial charge in [-0.25, -0.2) is 9.37 Å².